The first-order valence-electron chi connectivity index (χ1n) is 11.2. The molecule has 1 saturated heterocycles. The van der Waals surface area contributed by atoms with Crippen LogP contribution in [0.3, 0.4) is 0 Å². The van der Waals surface area contributed by atoms with E-state index in [-0.39, 0.29) is 11.7 Å². The Morgan fingerprint density at radius 2 is 1.79 bits per heavy atom. The molecule has 170 valence electrons. The second kappa shape index (κ2) is 9.36. The Hall–Kier alpha value is -3.17. The lowest BCUT2D eigenvalue weighted by Gasteiger charge is -2.35. The summed E-state index contributed by atoms with van der Waals surface area (Å²) in [6, 6.07) is 15.9. The number of thioether (sulfide) groups is 1. The zero-order valence-corrected chi connectivity index (χ0v) is 19.7. The number of anilines is 2. The predicted octanol–water partition coefficient (Wildman–Crippen LogP) is 3.46. The number of amides is 1. The summed E-state index contributed by atoms with van der Waals surface area (Å²) in [7, 11) is 0. The predicted molar refractivity (Wildman–Crippen MR) is 133 cm³/mol. The molecule has 4 aromatic rings. The lowest BCUT2D eigenvalue weighted by Crippen LogP contribution is -2.46. The minimum absolute atomic E-state index is 0.0794. The number of carbonyl (C=O) groups excluding carboxylic acids is 1. The fourth-order valence-corrected chi connectivity index (χ4v) is 4.88. The highest BCUT2D eigenvalue weighted by Crippen LogP contribution is 2.24. The first-order valence-corrected chi connectivity index (χ1v) is 12.2. The van der Waals surface area contributed by atoms with Gasteiger partial charge < -0.3 is 15.1 Å². The monoisotopic (exact) mass is 461 g/mol. The van der Waals surface area contributed by atoms with Crippen molar-refractivity contribution in [3.8, 4) is 0 Å². The number of benzene rings is 2. The second-order valence-electron chi connectivity index (χ2n) is 8.11. The third kappa shape index (κ3) is 4.65. The van der Waals surface area contributed by atoms with Gasteiger partial charge in [0.05, 0.1) is 11.3 Å². The molecule has 33 heavy (non-hydrogen) atoms. The minimum atomic E-state index is -0.0794. The quantitative estimate of drug-likeness (QED) is 0.348. The Balaban J connectivity index is 1.23. The molecule has 3 heterocycles. The molecular weight excluding hydrogens is 434 g/mol. The first-order chi connectivity index (χ1) is 16.1. The molecule has 0 radical (unpaired) electrons. The fraction of sp³-hybridized carbons (Fsp3) is 0.333. The third-order valence-corrected chi connectivity index (χ3v) is 6.85. The molecule has 1 aliphatic heterocycles. The Labute approximate surface area is 197 Å². The molecule has 5 rings (SSSR count). The van der Waals surface area contributed by atoms with E-state index in [1.165, 1.54) is 17.4 Å². The molecule has 0 aliphatic carbocycles. The zero-order valence-electron chi connectivity index (χ0n) is 18.9. The van der Waals surface area contributed by atoms with E-state index < -0.39 is 0 Å². The Morgan fingerprint density at radius 3 is 2.55 bits per heavy atom. The van der Waals surface area contributed by atoms with E-state index in [1.54, 1.807) is 4.52 Å². The number of likely N-dealkylation sites (N-methyl/N-ethyl adjacent to an activating group) is 1. The van der Waals surface area contributed by atoms with Crippen molar-refractivity contribution in [3.05, 3.63) is 54.4 Å². The molecule has 1 N–H and O–H groups in total. The van der Waals surface area contributed by atoms with E-state index in [4.69, 9.17) is 4.98 Å². The van der Waals surface area contributed by atoms with Gasteiger partial charge in [0, 0.05) is 42.9 Å². The highest BCUT2D eigenvalue weighted by molar-refractivity contribution is 7.99. The van der Waals surface area contributed by atoms with Crippen molar-refractivity contribution in [3.63, 3.8) is 0 Å². The van der Waals surface area contributed by atoms with Crippen LogP contribution in [0.4, 0.5) is 11.4 Å². The molecule has 2 aromatic heterocycles. The molecule has 9 heteroatoms. The van der Waals surface area contributed by atoms with Crippen LogP contribution in [0.2, 0.25) is 0 Å². The van der Waals surface area contributed by atoms with Crippen molar-refractivity contribution < 1.29 is 4.79 Å². The molecule has 1 amide bonds. The van der Waals surface area contributed by atoms with Crippen LogP contribution in [0.5, 0.6) is 0 Å². The Kier molecular flexibility index (Phi) is 6.15. The fourth-order valence-electron chi connectivity index (χ4n) is 4.13. The largest absolute Gasteiger partial charge is 0.369 e. The van der Waals surface area contributed by atoms with E-state index in [2.05, 4.69) is 44.3 Å². The summed E-state index contributed by atoms with van der Waals surface area (Å²) in [5, 5.41) is 9.06. The lowest BCUT2D eigenvalue weighted by molar-refractivity contribution is -0.113. The number of piperazine rings is 1. The molecule has 0 spiro atoms. The number of hydrogen-bond donors (Lipinski definition) is 1. The van der Waals surface area contributed by atoms with Crippen LogP contribution < -0.4 is 10.2 Å². The average Bonchev–Trinajstić information content (AvgIpc) is 3.25. The van der Waals surface area contributed by atoms with E-state index in [0.29, 0.717) is 11.0 Å². The summed E-state index contributed by atoms with van der Waals surface area (Å²) in [6.45, 7) is 9.42. The molecule has 1 aliphatic rings. The van der Waals surface area contributed by atoms with Crippen molar-refractivity contribution in [1.82, 2.24) is 24.5 Å². The van der Waals surface area contributed by atoms with E-state index in [1.807, 2.05) is 43.3 Å². The summed E-state index contributed by atoms with van der Waals surface area (Å²) in [6.07, 6.45) is 0. The van der Waals surface area contributed by atoms with Gasteiger partial charge in [-0.3, -0.25) is 4.79 Å². The summed E-state index contributed by atoms with van der Waals surface area (Å²) in [4.78, 5) is 26.7. The number of aromatic nitrogens is 4. The molecule has 0 bridgehead atoms. The van der Waals surface area contributed by atoms with Crippen LogP contribution >= 0.6 is 11.8 Å². The first kappa shape index (κ1) is 21.7. The van der Waals surface area contributed by atoms with Gasteiger partial charge in [0.2, 0.25) is 5.91 Å². The number of aryl methyl sites for hydroxylation is 1. The van der Waals surface area contributed by atoms with Crippen molar-refractivity contribution in [2.75, 3.05) is 48.7 Å². The Morgan fingerprint density at radius 1 is 1.03 bits per heavy atom. The molecule has 8 nitrogen and oxygen atoms in total. The lowest BCUT2D eigenvalue weighted by atomic mass is 10.2. The van der Waals surface area contributed by atoms with Crippen LogP contribution in [0.1, 0.15) is 12.7 Å². The highest BCUT2D eigenvalue weighted by Gasteiger charge is 2.16. The number of nitrogens with one attached hydrogen (secondary N) is 1. The topological polar surface area (TPSA) is 78.7 Å². The van der Waals surface area contributed by atoms with Gasteiger partial charge in [-0.2, -0.15) is 4.52 Å². The molecular formula is C24H27N7OS. The van der Waals surface area contributed by atoms with Gasteiger partial charge in [-0.15, -0.1) is 5.10 Å². The summed E-state index contributed by atoms with van der Waals surface area (Å²) in [5.41, 5.74) is 3.60. The number of carbonyl (C=O) groups is 1. The van der Waals surface area contributed by atoms with Crippen molar-refractivity contribution in [2.24, 2.45) is 0 Å². The number of nitrogens with zero attached hydrogens (tertiary/aromatic N) is 6. The zero-order chi connectivity index (χ0) is 22.8. The number of fused-ring (bicyclic) bond motifs is 3. The van der Waals surface area contributed by atoms with Crippen LogP contribution in [-0.4, -0.2) is 68.9 Å². The van der Waals surface area contributed by atoms with Gasteiger partial charge in [0.15, 0.2) is 10.8 Å². The van der Waals surface area contributed by atoms with E-state index >= 15 is 0 Å². The molecule has 0 atom stereocenters. The number of hydrogen-bond acceptors (Lipinski definition) is 7. The van der Waals surface area contributed by atoms with Crippen molar-refractivity contribution in [1.29, 1.82) is 0 Å². The summed E-state index contributed by atoms with van der Waals surface area (Å²) in [5.74, 6) is 0.833. The summed E-state index contributed by atoms with van der Waals surface area (Å²) >= 11 is 1.36. The van der Waals surface area contributed by atoms with E-state index in [0.717, 1.165) is 55.0 Å². The van der Waals surface area contributed by atoms with Crippen LogP contribution in [0.25, 0.3) is 16.6 Å². The van der Waals surface area contributed by atoms with Gasteiger partial charge in [-0.05, 0) is 49.9 Å². The van der Waals surface area contributed by atoms with Gasteiger partial charge in [-0.1, -0.05) is 30.8 Å². The Bertz CT molecular complexity index is 1280. The average molecular weight is 462 g/mol. The van der Waals surface area contributed by atoms with Crippen LogP contribution in [0, 0.1) is 6.92 Å². The maximum absolute atomic E-state index is 12.6. The second-order valence-corrected chi connectivity index (χ2v) is 9.05. The third-order valence-electron chi connectivity index (χ3n) is 5.92. The minimum Gasteiger partial charge on any atom is -0.369 e. The molecule has 2 aromatic carbocycles. The maximum Gasteiger partial charge on any atom is 0.234 e. The number of para-hydroxylation sites is 1. The standard InChI is InChI=1S/C24H27N7OS/c1-3-29-12-14-30(15-13-29)19-10-8-18(9-11-19)26-22(32)16-33-24-27-21-7-5-4-6-20(21)23-25-17(2)28-31(23)24/h4-11H,3,12-16H2,1-2H3,(H,26,32). The SMILES string of the molecule is CCN1CCN(c2ccc(NC(=O)CSc3nc4ccccc4c4nc(C)nn34)cc2)CC1. The van der Waals surface area contributed by atoms with Gasteiger partial charge in [-0.25, -0.2) is 9.97 Å². The van der Waals surface area contributed by atoms with Crippen molar-refractivity contribution >= 4 is 45.6 Å². The molecule has 0 unspecified atom stereocenters. The van der Waals surface area contributed by atoms with Crippen LogP contribution in [-0.2, 0) is 4.79 Å². The smallest absolute Gasteiger partial charge is 0.234 e. The molecule has 1 fully saturated rings. The summed E-state index contributed by atoms with van der Waals surface area (Å²) < 4.78 is 1.72. The van der Waals surface area contributed by atoms with Gasteiger partial charge in [0.25, 0.3) is 0 Å². The van der Waals surface area contributed by atoms with E-state index in [9.17, 15) is 4.79 Å². The maximum atomic E-state index is 12.6. The van der Waals surface area contributed by atoms with Gasteiger partial charge in [0.1, 0.15) is 5.82 Å². The van der Waals surface area contributed by atoms with Gasteiger partial charge >= 0.3 is 0 Å². The van der Waals surface area contributed by atoms with Crippen molar-refractivity contribution in [2.45, 2.75) is 19.0 Å². The normalized spacial score (nSPS) is 14.8. The molecule has 0 saturated carbocycles. The van der Waals surface area contributed by atoms with Crippen LogP contribution in [0.15, 0.2) is 53.7 Å². The number of rotatable bonds is 6. The highest BCUT2D eigenvalue weighted by atomic mass is 32.2.